The van der Waals surface area contributed by atoms with E-state index in [1.54, 1.807) is 22.5 Å². The third kappa shape index (κ3) is 4.88. The molecule has 0 N–H and O–H groups in total. The molecule has 40 heavy (non-hydrogen) atoms. The van der Waals surface area contributed by atoms with Gasteiger partial charge in [0.15, 0.2) is 11.6 Å². The van der Waals surface area contributed by atoms with Gasteiger partial charge in [-0.05, 0) is 37.6 Å². The van der Waals surface area contributed by atoms with E-state index < -0.39 is 29.2 Å². The Bertz CT molecular complexity index is 1560. The molecule has 0 bridgehead atoms. The summed E-state index contributed by atoms with van der Waals surface area (Å²) in [6.45, 7) is 8.78. The zero-order valence-electron chi connectivity index (χ0n) is 22.4. The molecule has 1 aromatic heterocycles. The summed E-state index contributed by atoms with van der Waals surface area (Å²) >= 11 is 1.40. The lowest BCUT2D eigenvalue weighted by Crippen LogP contribution is -2.54. The number of nitrogens with zero attached hydrogens (tertiary/aromatic N) is 4. The fourth-order valence-electron chi connectivity index (χ4n) is 5.48. The highest BCUT2D eigenvalue weighted by molar-refractivity contribution is 7.99. The second-order valence-corrected chi connectivity index (χ2v) is 10.9. The molecule has 212 valence electrons. The SMILES string of the molecule is C=CC(=O)N1CCN(c2nc(=O)n3c4c(c(-c5cc(F)c(F)cc5F)c(C)cc24)SC[C@@H]3COCOC)[C@@H](C)C1. The van der Waals surface area contributed by atoms with E-state index in [4.69, 9.17) is 9.47 Å². The van der Waals surface area contributed by atoms with Crippen LogP contribution in [0.25, 0.3) is 22.0 Å². The summed E-state index contributed by atoms with van der Waals surface area (Å²) in [5.41, 5.74) is 0.948. The summed E-state index contributed by atoms with van der Waals surface area (Å²) in [5.74, 6) is -2.64. The van der Waals surface area contributed by atoms with Crippen molar-refractivity contribution in [2.24, 2.45) is 0 Å². The number of halogens is 3. The van der Waals surface area contributed by atoms with Crippen molar-refractivity contribution in [2.75, 3.05) is 50.8 Å². The van der Waals surface area contributed by atoms with Crippen LogP contribution in [0.15, 0.2) is 40.5 Å². The number of methoxy groups -OCH3 is 1. The van der Waals surface area contributed by atoms with Gasteiger partial charge < -0.3 is 19.3 Å². The minimum absolute atomic E-state index is 0.0435. The molecule has 1 amide bonds. The van der Waals surface area contributed by atoms with E-state index in [0.717, 1.165) is 6.07 Å². The highest BCUT2D eigenvalue weighted by Gasteiger charge is 2.33. The molecule has 0 spiro atoms. The van der Waals surface area contributed by atoms with Crippen LogP contribution in [0.3, 0.4) is 0 Å². The number of carbonyl (C=O) groups is 1. The maximum absolute atomic E-state index is 15.1. The molecular weight excluding hydrogens is 545 g/mol. The molecule has 2 aliphatic heterocycles. The van der Waals surface area contributed by atoms with Crippen molar-refractivity contribution in [3.63, 3.8) is 0 Å². The molecule has 2 atom stereocenters. The summed E-state index contributed by atoms with van der Waals surface area (Å²) in [6, 6.07) is 2.64. The maximum Gasteiger partial charge on any atom is 0.350 e. The molecule has 3 heterocycles. The van der Waals surface area contributed by atoms with E-state index in [1.807, 2.05) is 11.8 Å². The van der Waals surface area contributed by atoms with Gasteiger partial charge in [0, 0.05) is 66.0 Å². The summed E-state index contributed by atoms with van der Waals surface area (Å²) in [6.07, 6.45) is 1.28. The summed E-state index contributed by atoms with van der Waals surface area (Å²) in [5, 5.41) is 0.665. The molecule has 0 radical (unpaired) electrons. The number of anilines is 1. The molecule has 5 rings (SSSR count). The second-order valence-electron chi connectivity index (χ2n) is 9.90. The van der Waals surface area contributed by atoms with Gasteiger partial charge in [0.05, 0.1) is 18.2 Å². The Morgan fingerprint density at radius 3 is 2.65 bits per heavy atom. The van der Waals surface area contributed by atoms with Crippen molar-refractivity contribution in [2.45, 2.75) is 30.8 Å². The van der Waals surface area contributed by atoms with E-state index in [1.165, 1.54) is 24.9 Å². The molecule has 2 aromatic carbocycles. The normalized spacial score (nSPS) is 18.9. The number of thioether (sulfide) groups is 1. The largest absolute Gasteiger partial charge is 0.359 e. The molecule has 8 nitrogen and oxygen atoms in total. The number of hydrogen-bond donors (Lipinski definition) is 0. The van der Waals surface area contributed by atoms with Gasteiger partial charge in [0.25, 0.3) is 0 Å². The number of aromatic nitrogens is 2. The van der Waals surface area contributed by atoms with Gasteiger partial charge in [-0.25, -0.2) is 18.0 Å². The van der Waals surface area contributed by atoms with E-state index in [9.17, 15) is 18.4 Å². The fourth-order valence-corrected chi connectivity index (χ4v) is 6.84. The van der Waals surface area contributed by atoms with Crippen LogP contribution in [0.4, 0.5) is 19.0 Å². The predicted octanol–water partition coefficient (Wildman–Crippen LogP) is 4.28. The van der Waals surface area contributed by atoms with Crippen LogP contribution in [0.2, 0.25) is 0 Å². The van der Waals surface area contributed by atoms with Crippen molar-refractivity contribution >= 4 is 34.4 Å². The van der Waals surface area contributed by atoms with Crippen LogP contribution in [0.1, 0.15) is 18.5 Å². The lowest BCUT2D eigenvalue weighted by atomic mass is 9.96. The average molecular weight is 575 g/mol. The number of aryl methyl sites for hydroxylation is 1. The van der Waals surface area contributed by atoms with Crippen LogP contribution in [-0.4, -0.2) is 72.3 Å². The molecule has 12 heteroatoms. The van der Waals surface area contributed by atoms with Crippen molar-refractivity contribution in [1.82, 2.24) is 14.5 Å². The molecule has 2 aliphatic rings. The van der Waals surface area contributed by atoms with Gasteiger partial charge in [-0.15, -0.1) is 11.8 Å². The second kappa shape index (κ2) is 11.3. The van der Waals surface area contributed by atoms with E-state index in [0.29, 0.717) is 64.2 Å². The molecule has 3 aromatic rings. The van der Waals surface area contributed by atoms with Crippen LogP contribution >= 0.6 is 11.8 Å². The van der Waals surface area contributed by atoms with Crippen molar-refractivity contribution in [3.05, 3.63) is 64.4 Å². The van der Waals surface area contributed by atoms with Crippen molar-refractivity contribution in [3.8, 4) is 11.1 Å². The fraction of sp³-hybridized carbons (Fsp3) is 0.393. The van der Waals surface area contributed by atoms with Crippen LogP contribution in [-0.2, 0) is 14.3 Å². The zero-order valence-corrected chi connectivity index (χ0v) is 23.2. The Kier molecular flexibility index (Phi) is 7.94. The molecule has 0 aliphatic carbocycles. The van der Waals surface area contributed by atoms with Gasteiger partial charge in [0.2, 0.25) is 5.91 Å². The summed E-state index contributed by atoms with van der Waals surface area (Å²) < 4.78 is 55.3. The standard InChI is InChI=1S/C28H29F3N4O4S/c1-5-23(36)33-6-7-34(16(3)11-33)27-19-8-15(2)24(18-9-21(30)22(31)10-20(18)29)26-25(19)35(28(37)32-27)17(13-40-26)12-39-14-38-4/h5,8-10,16-17H,1,6-7,11-14H2,2-4H3/t16-,17-/m0/s1. The van der Waals surface area contributed by atoms with Crippen LogP contribution in [0, 0.1) is 24.4 Å². The number of carbonyl (C=O) groups excluding carboxylic acids is 1. The van der Waals surface area contributed by atoms with Gasteiger partial charge in [-0.1, -0.05) is 6.58 Å². The predicted molar refractivity (Wildman–Crippen MR) is 147 cm³/mol. The number of amides is 1. The highest BCUT2D eigenvalue weighted by Crippen LogP contribution is 2.46. The van der Waals surface area contributed by atoms with Gasteiger partial charge in [-0.2, -0.15) is 4.98 Å². The van der Waals surface area contributed by atoms with Crippen LogP contribution in [0.5, 0.6) is 0 Å². The molecular formula is C28H29F3N4O4S. The maximum atomic E-state index is 15.1. The van der Waals surface area contributed by atoms with Gasteiger partial charge >= 0.3 is 5.69 Å². The van der Waals surface area contributed by atoms with Crippen LogP contribution < -0.4 is 10.6 Å². The number of rotatable bonds is 7. The summed E-state index contributed by atoms with van der Waals surface area (Å²) in [4.78, 5) is 34.6. The minimum Gasteiger partial charge on any atom is -0.359 e. The van der Waals surface area contributed by atoms with E-state index >= 15 is 4.39 Å². The van der Waals surface area contributed by atoms with Gasteiger partial charge in [-0.3, -0.25) is 9.36 Å². The topological polar surface area (TPSA) is 76.9 Å². The Labute approximate surface area is 233 Å². The zero-order chi connectivity index (χ0) is 28.7. The molecule has 1 saturated heterocycles. The third-order valence-electron chi connectivity index (χ3n) is 7.30. The van der Waals surface area contributed by atoms with Crippen molar-refractivity contribution in [1.29, 1.82) is 0 Å². The number of hydrogen-bond acceptors (Lipinski definition) is 7. The first-order valence-electron chi connectivity index (χ1n) is 12.8. The first kappa shape index (κ1) is 28.2. The lowest BCUT2D eigenvalue weighted by Gasteiger charge is -2.41. The lowest BCUT2D eigenvalue weighted by molar-refractivity contribution is -0.126. The third-order valence-corrected chi connectivity index (χ3v) is 8.54. The Morgan fingerprint density at radius 2 is 1.95 bits per heavy atom. The molecule has 0 unspecified atom stereocenters. The average Bonchev–Trinajstić information content (AvgIpc) is 2.93. The van der Waals surface area contributed by atoms with E-state index in [-0.39, 0.29) is 30.9 Å². The molecule has 1 fully saturated rings. The monoisotopic (exact) mass is 574 g/mol. The van der Waals surface area contributed by atoms with E-state index in [2.05, 4.69) is 11.6 Å². The quantitative estimate of drug-likeness (QED) is 0.181. The first-order chi connectivity index (χ1) is 19.2. The summed E-state index contributed by atoms with van der Waals surface area (Å²) in [7, 11) is 1.50. The first-order valence-corrected chi connectivity index (χ1v) is 13.8. The Hall–Kier alpha value is -3.35. The van der Waals surface area contributed by atoms with Gasteiger partial charge in [0.1, 0.15) is 18.4 Å². The smallest absolute Gasteiger partial charge is 0.350 e. The minimum atomic E-state index is -1.28. The Morgan fingerprint density at radius 1 is 1.20 bits per heavy atom. The van der Waals surface area contributed by atoms with Crippen molar-refractivity contribution < 1.29 is 27.4 Å². The number of benzene rings is 2. The molecule has 0 saturated carbocycles. The number of ether oxygens (including phenoxy) is 2. The Balaban J connectivity index is 1.73. The highest BCUT2D eigenvalue weighted by atomic mass is 32.2. The number of piperazine rings is 1.